The Bertz CT molecular complexity index is 719. The number of hydrogen-bond acceptors (Lipinski definition) is 5. The highest BCUT2D eigenvalue weighted by molar-refractivity contribution is 5.46. The van der Waals surface area contributed by atoms with E-state index in [0.29, 0.717) is 12.1 Å². The van der Waals surface area contributed by atoms with E-state index >= 15 is 0 Å². The van der Waals surface area contributed by atoms with Crippen LogP contribution in [0, 0.1) is 0 Å². The molecule has 2 aliphatic rings. The van der Waals surface area contributed by atoms with Gasteiger partial charge in [0.1, 0.15) is 12.0 Å². The first kappa shape index (κ1) is 17.5. The Kier molecular flexibility index (Phi) is 5.20. The van der Waals surface area contributed by atoms with Crippen LogP contribution in [-0.2, 0) is 6.54 Å². The smallest absolute Gasteiger partial charge is 0.137 e. The van der Waals surface area contributed by atoms with Gasteiger partial charge in [-0.15, -0.1) is 0 Å². The van der Waals surface area contributed by atoms with Gasteiger partial charge >= 0.3 is 0 Å². The van der Waals surface area contributed by atoms with Crippen LogP contribution in [0.2, 0.25) is 0 Å². The Morgan fingerprint density at radius 1 is 1.15 bits per heavy atom. The summed E-state index contributed by atoms with van der Waals surface area (Å²) in [6.45, 7) is 5.88. The first-order valence-corrected chi connectivity index (χ1v) is 9.62. The molecule has 2 fully saturated rings. The van der Waals surface area contributed by atoms with E-state index in [4.69, 9.17) is 0 Å². The van der Waals surface area contributed by atoms with Gasteiger partial charge < -0.3 is 10.4 Å². The second kappa shape index (κ2) is 7.74. The first-order chi connectivity index (χ1) is 12.7. The summed E-state index contributed by atoms with van der Waals surface area (Å²) in [6, 6.07) is 15.4. The van der Waals surface area contributed by atoms with Crippen LogP contribution < -0.4 is 5.32 Å². The van der Waals surface area contributed by atoms with Gasteiger partial charge in [-0.1, -0.05) is 30.3 Å². The summed E-state index contributed by atoms with van der Waals surface area (Å²) in [5.41, 5.74) is 2.24. The molecule has 1 aliphatic heterocycles. The van der Waals surface area contributed by atoms with Gasteiger partial charge in [0.25, 0.3) is 0 Å². The molecule has 5 heteroatoms. The molecule has 2 aromatic rings. The van der Waals surface area contributed by atoms with Gasteiger partial charge in [-0.05, 0) is 37.5 Å². The number of rotatable bonds is 6. The number of pyridine rings is 1. The number of benzene rings is 1. The van der Waals surface area contributed by atoms with Crippen molar-refractivity contribution in [3.05, 3.63) is 59.8 Å². The summed E-state index contributed by atoms with van der Waals surface area (Å²) in [4.78, 5) is 9.12. The quantitative estimate of drug-likeness (QED) is 0.837. The summed E-state index contributed by atoms with van der Waals surface area (Å²) >= 11 is 0. The number of aliphatic hydroxyl groups excluding tert-OH is 1. The van der Waals surface area contributed by atoms with Crippen molar-refractivity contribution in [1.82, 2.24) is 14.8 Å². The minimum Gasteiger partial charge on any atom is -0.374 e. The lowest BCUT2D eigenvalue weighted by Gasteiger charge is -2.42. The van der Waals surface area contributed by atoms with E-state index in [9.17, 15) is 5.11 Å². The van der Waals surface area contributed by atoms with Gasteiger partial charge in [-0.25, -0.2) is 4.98 Å². The second-order valence-electron chi connectivity index (χ2n) is 7.53. The maximum atomic E-state index is 11.0. The number of nitrogens with zero attached hydrogens (tertiary/aromatic N) is 3. The van der Waals surface area contributed by atoms with Gasteiger partial charge in [-0.3, -0.25) is 9.80 Å². The minimum absolute atomic E-state index is 0.398. The van der Waals surface area contributed by atoms with Crippen LogP contribution in [-0.4, -0.2) is 51.6 Å². The lowest BCUT2D eigenvalue weighted by atomic mass is 10.1. The summed E-state index contributed by atoms with van der Waals surface area (Å²) < 4.78 is 0. The molecule has 138 valence electrons. The average molecular weight is 352 g/mol. The molecule has 1 aromatic heterocycles. The Morgan fingerprint density at radius 2 is 1.96 bits per heavy atom. The standard InChI is InChI=1S/C21H28N4O/c1-16-14-25(13-12-24(16)15-17-6-3-2-4-7-17)21(26)19-8-5-11-22-20(19)23-18-9-10-18/h2-8,11,16,18,21,26H,9-10,12-15H2,1H3,(H,22,23)/t16-,21?/m1/s1. The fourth-order valence-corrected chi connectivity index (χ4v) is 3.66. The van der Waals surface area contributed by atoms with Gasteiger partial charge in [0.05, 0.1) is 0 Å². The second-order valence-corrected chi connectivity index (χ2v) is 7.53. The fraction of sp³-hybridized carbons (Fsp3) is 0.476. The molecule has 26 heavy (non-hydrogen) atoms. The number of aliphatic hydroxyl groups is 1. The molecule has 2 atom stereocenters. The highest BCUT2D eigenvalue weighted by atomic mass is 16.3. The number of hydrogen-bond donors (Lipinski definition) is 2. The monoisotopic (exact) mass is 352 g/mol. The zero-order valence-electron chi connectivity index (χ0n) is 15.4. The van der Waals surface area contributed by atoms with Crippen molar-refractivity contribution < 1.29 is 5.11 Å². The molecule has 0 amide bonds. The highest BCUT2D eigenvalue weighted by Crippen LogP contribution is 2.30. The predicted molar refractivity (Wildman–Crippen MR) is 104 cm³/mol. The van der Waals surface area contributed by atoms with E-state index in [1.165, 1.54) is 18.4 Å². The van der Waals surface area contributed by atoms with Crippen molar-refractivity contribution in [3.63, 3.8) is 0 Å². The van der Waals surface area contributed by atoms with Crippen LogP contribution in [0.5, 0.6) is 0 Å². The van der Waals surface area contributed by atoms with Crippen molar-refractivity contribution >= 4 is 5.82 Å². The highest BCUT2D eigenvalue weighted by Gasteiger charge is 2.30. The van der Waals surface area contributed by atoms with Crippen molar-refractivity contribution in [1.29, 1.82) is 0 Å². The molecule has 0 radical (unpaired) electrons. The molecular formula is C21H28N4O. The van der Waals surface area contributed by atoms with E-state index in [1.54, 1.807) is 6.20 Å². The van der Waals surface area contributed by atoms with Crippen LogP contribution in [0.4, 0.5) is 5.82 Å². The Hall–Kier alpha value is -1.95. The molecule has 0 bridgehead atoms. The molecule has 5 nitrogen and oxygen atoms in total. The molecule has 1 unspecified atom stereocenters. The third-order valence-corrected chi connectivity index (χ3v) is 5.41. The van der Waals surface area contributed by atoms with Crippen LogP contribution in [0.15, 0.2) is 48.7 Å². The summed E-state index contributed by atoms with van der Waals surface area (Å²) in [7, 11) is 0. The van der Waals surface area contributed by atoms with Crippen molar-refractivity contribution in [2.45, 2.75) is 44.6 Å². The summed E-state index contributed by atoms with van der Waals surface area (Å²) in [5, 5.41) is 14.4. The van der Waals surface area contributed by atoms with E-state index in [-0.39, 0.29) is 0 Å². The van der Waals surface area contributed by atoms with Crippen LogP contribution in [0.25, 0.3) is 0 Å². The Balaban J connectivity index is 1.40. The lowest BCUT2D eigenvalue weighted by molar-refractivity contribution is -0.0455. The molecule has 2 heterocycles. The molecular weight excluding hydrogens is 324 g/mol. The van der Waals surface area contributed by atoms with Crippen LogP contribution in [0.3, 0.4) is 0 Å². The molecule has 1 aliphatic carbocycles. The van der Waals surface area contributed by atoms with Gasteiger partial charge in [0.2, 0.25) is 0 Å². The molecule has 1 saturated heterocycles. The van der Waals surface area contributed by atoms with Crippen molar-refractivity contribution in [3.8, 4) is 0 Å². The Labute approximate surface area is 155 Å². The number of nitrogens with one attached hydrogen (secondary N) is 1. The summed E-state index contributed by atoms with van der Waals surface area (Å²) in [5.74, 6) is 0.835. The van der Waals surface area contributed by atoms with Crippen LogP contribution in [0.1, 0.15) is 37.1 Å². The number of aromatic nitrogens is 1. The fourth-order valence-electron chi connectivity index (χ4n) is 3.66. The third-order valence-electron chi connectivity index (χ3n) is 5.41. The maximum Gasteiger partial charge on any atom is 0.137 e. The number of piperazine rings is 1. The molecule has 4 rings (SSSR count). The molecule has 1 saturated carbocycles. The van der Waals surface area contributed by atoms with Gasteiger partial charge in [0.15, 0.2) is 0 Å². The number of anilines is 1. The lowest BCUT2D eigenvalue weighted by Crippen LogP contribution is -2.52. The van der Waals surface area contributed by atoms with Gasteiger partial charge in [0, 0.05) is 50.0 Å². The topological polar surface area (TPSA) is 51.6 Å². The van der Waals surface area contributed by atoms with Crippen molar-refractivity contribution in [2.24, 2.45) is 0 Å². The minimum atomic E-state index is -0.605. The summed E-state index contributed by atoms with van der Waals surface area (Å²) in [6.07, 6.45) is 3.58. The normalized spacial score (nSPS) is 22.9. The maximum absolute atomic E-state index is 11.0. The van der Waals surface area contributed by atoms with E-state index in [2.05, 4.69) is 57.4 Å². The third kappa shape index (κ3) is 4.06. The van der Waals surface area contributed by atoms with E-state index in [1.807, 2.05) is 12.1 Å². The predicted octanol–water partition coefficient (Wildman–Crippen LogP) is 2.85. The first-order valence-electron chi connectivity index (χ1n) is 9.62. The SMILES string of the molecule is C[C@@H]1CN(C(O)c2cccnc2NC2CC2)CCN1Cc1ccccc1. The molecule has 2 N–H and O–H groups in total. The zero-order chi connectivity index (χ0) is 17.9. The zero-order valence-corrected chi connectivity index (χ0v) is 15.4. The van der Waals surface area contributed by atoms with E-state index in [0.717, 1.165) is 37.6 Å². The van der Waals surface area contributed by atoms with Crippen LogP contribution >= 0.6 is 0 Å². The largest absolute Gasteiger partial charge is 0.374 e. The van der Waals surface area contributed by atoms with E-state index < -0.39 is 6.23 Å². The molecule has 1 aromatic carbocycles. The average Bonchev–Trinajstić information content (AvgIpc) is 3.48. The van der Waals surface area contributed by atoms with Gasteiger partial charge in [-0.2, -0.15) is 0 Å². The van der Waals surface area contributed by atoms with Crippen molar-refractivity contribution in [2.75, 3.05) is 25.0 Å². The molecule has 0 spiro atoms. The Morgan fingerprint density at radius 3 is 2.69 bits per heavy atom.